The van der Waals surface area contributed by atoms with Gasteiger partial charge >= 0.3 is 6.36 Å². The van der Waals surface area contributed by atoms with E-state index in [1.54, 1.807) is 0 Å². The molecule has 1 aromatic carbocycles. The van der Waals surface area contributed by atoms with E-state index in [0.29, 0.717) is 0 Å². The summed E-state index contributed by atoms with van der Waals surface area (Å²) in [6, 6.07) is 4.89. The highest BCUT2D eigenvalue weighted by atomic mass is 19.4. The first kappa shape index (κ1) is 13.3. The number of benzene rings is 1. The minimum atomic E-state index is -4.78. The number of rotatable bonds is 4. The van der Waals surface area contributed by atoms with E-state index < -0.39 is 24.1 Å². The van der Waals surface area contributed by atoms with Gasteiger partial charge in [0.25, 0.3) is 5.91 Å². The number of hydrogen-bond donors (Lipinski definition) is 1. The standard InChI is InChI=1S/C10H10F3NO3/c1-16-8(9(14)15)6-3-2-4-7(5-6)17-10(11,12)13/h2-5,8H,1H3,(H2,14,15). The molecule has 0 aliphatic heterocycles. The van der Waals surface area contributed by atoms with Crippen molar-refractivity contribution in [2.45, 2.75) is 12.5 Å². The zero-order chi connectivity index (χ0) is 13.1. The van der Waals surface area contributed by atoms with Gasteiger partial charge in [0.05, 0.1) is 0 Å². The predicted octanol–water partition coefficient (Wildman–Crippen LogP) is 1.76. The van der Waals surface area contributed by atoms with Crippen molar-refractivity contribution in [1.29, 1.82) is 0 Å². The predicted molar refractivity (Wildman–Crippen MR) is 52.1 cm³/mol. The molecule has 0 aliphatic carbocycles. The number of hydrogen-bond acceptors (Lipinski definition) is 3. The number of carbonyl (C=O) groups excluding carboxylic acids is 1. The van der Waals surface area contributed by atoms with Gasteiger partial charge in [-0.2, -0.15) is 0 Å². The summed E-state index contributed by atoms with van der Waals surface area (Å²) in [7, 11) is 1.23. The molecular weight excluding hydrogens is 239 g/mol. The summed E-state index contributed by atoms with van der Waals surface area (Å²) in [6.07, 6.45) is -5.89. The fourth-order valence-corrected chi connectivity index (χ4v) is 1.29. The minimum absolute atomic E-state index is 0.196. The monoisotopic (exact) mass is 249 g/mol. The maximum absolute atomic E-state index is 12.0. The number of methoxy groups -OCH3 is 1. The molecule has 0 heterocycles. The lowest BCUT2D eigenvalue weighted by Gasteiger charge is -2.14. The molecule has 0 radical (unpaired) electrons. The van der Waals surface area contributed by atoms with Crippen LogP contribution in [0.3, 0.4) is 0 Å². The van der Waals surface area contributed by atoms with E-state index in [9.17, 15) is 18.0 Å². The molecular formula is C10H10F3NO3. The molecule has 94 valence electrons. The third-order valence-corrected chi connectivity index (χ3v) is 1.89. The van der Waals surface area contributed by atoms with Gasteiger partial charge in [0.2, 0.25) is 0 Å². The van der Waals surface area contributed by atoms with Gasteiger partial charge in [-0.05, 0) is 17.7 Å². The number of alkyl halides is 3. The number of amides is 1. The number of halogens is 3. The van der Waals surface area contributed by atoms with Gasteiger partial charge in [0.1, 0.15) is 5.75 Å². The highest BCUT2D eigenvalue weighted by Gasteiger charge is 2.31. The van der Waals surface area contributed by atoms with Crippen molar-refractivity contribution < 1.29 is 27.4 Å². The summed E-state index contributed by atoms with van der Waals surface area (Å²) < 4.78 is 44.4. The molecule has 0 saturated carbocycles. The first-order chi connectivity index (χ1) is 7.83. The zero-order valence-electron chi connectivity index (χ0n) is 8.82. The Kier molecular flexibility index (Phi) is 3.95. The lowest BCUT2D eigenvalue weighted by atomic mass is 10.1. The van der Waals surface area contributed by atoms with E-state index >= 15 is 0 Å². The Bertz CT molecular complexity index is 406. The second-order valence-corrected chi connectivity index (χ2v) is 3.14. The summed E-state index contributed by atoms with van der Waals surface area (Å²) in [6.45, 7) is 0. The Morgan fingerprint density at radius 1 is 1.41 bits per heavy atom. The van der Waals surface area contributed by atoms with Crippen LogP contribution in [0.1, 0.15) is 11.7 Å². The second-order valence-electron chi connectivity index (χ2n) is 3.14. The Hall–Kier alpha value is -1.76. The third kappa shape index (κ3) is 3.95. The Morgan fingerprint density at radius 2 is 2.06 bits per heavy atom. The van der Waals surface area contributed by atoms with Crippen LogP contribution in [0.15, 0.2) is 24.3 Å². The van der Waals surface area contributed by atoms with Crippen molar-refractivity contribution in [1.82, 2.24) is 0 Å². The number of primary amides is 1. The Labute approximate surface area is 95.1 Å². The van der Waals surface area contributed by atoms with E-state index in [1.165, 1.54) is 19.2 Å². The number of nitrogens with two attached hydrogens (primary N) is 1. The maximum atomic E-state index is 12.0. The maximum Gasteiger partial charge on any atom is 0.573 e. The molecule has 7 heteroatoms. The lowest BCUT2D eigenvalue weighted by molar-refractivity contribution is -0.274. The normalized spacial score (nSPS) is 13.2. The van der Waals surface area contributed by atoms with Crippen LogP contribution in [0.4, 0.5) is 13.2 Å². The average molecular weight is 249 g/mol. The van der Waals surface area contributed by atoms with Crippen LogP contribution in [0, 0.1) is 0 Å². The smallest absolute Gasteiger partial charge is 0.406 e. The van der Waals surface area contributed by atoms with Gasteiger partial charge in [0.15, 0.2) is 6.10 Å². The van der Waals surface area contributed by atoms with Gasteiger partial charge < -0.3 is 15.2 Å². The van der Waals surface area contributed by atoms with Crippen LogP contribution in [0.25, 0.3) is 0 Å². The summed E-state index contributed by atoms with van der Waals surface area (Å²) in [4.78, 5) is 11.0. The van der Waals surface area contributed by atoms with Gasteiger partial charge in [-0.25, -0.2) is 0 Å². The largest absolute Gasteiger partial charge is 0.573 e. The molecule has 1 unspecified atom stereocenters. The first-order valence-electron chi connectivity index (χ1n) is 4.51. The molecule has 1 rings (SSSR count). The van der Waals surface area contributed by atoms with Gasteiger partial charge in [0, 0.05) is 7.11 Å². The molecule has 2 N–H and O–H groups in total. The number of ether oxygens (including phenoxy) is 2. The minimum Gasteiger partial charge on any atom is -0.406 e. The molecule has 1 aromatic rings. The lowest BCUT2D eigenvalue weighted by Crippen LogP contribution is -2.23. The van der Waals surface area contributed by atoms with E-state index in [4.69, 9.17) is 10.5 Å². The van der Waals surface area contributed by atoms with E-state index in [-0.39, 0.29) is 5.56 Å². The Balaban J connectivity index is 2.96. The molecule has 1 atom stereocenters. The zero-order valence-corrected chi connectivity index (χ0v) is 8.82. The summed E-state index contributed by atoms with van der Waals surface area (Å²) in [5.74, 6) is -1.23. The van der Waals surface area contributed by atoms with Crippen molar-refractivity contribution in [2.24, 2.45) is 5.73 Å². The molecule has 17 heavy (non-hydrogen) atoms. The van der Waals surface area contributed by atoms with Crippen molar-refractivity contribution >= 4 is 5.91 Å². The first-order valence-corrected chi connectivity index (χ1v) is 4.51. The van der Waals surface area contributed by atoms with Crippen LogP contribution in [0.2, 0.25) is 0 Å². The molecule has 4 nitrogen and oxygen atoms in total. The van der Waals surface area contributed by atoms with Gasteiger partial charge in [-0.3, -0.25) is 4.79 Å². The number of carbonyl (C=O) groups is 1. The van der Waals surface area contributed by atoms with E-state index in [0.717, 1.165) is 12.1 Å². The highest BCUT2D eigenvalue weighted by molar-refractivity contribution is 5.80. The molecule has 0 fully saturated rings. The van der Waals surface area contributed by atoms with Crippen molar-refractivity contribution in [3.8, 4) is 5.75 Å². The highest BCUT2D eigenvalue weighted by Crippen LogP contribution is 2.26. The molecule has 0 spiro atoms. The molecule has 0 saturated heterocycles. The summed E-state index contributed by atoms with van der Waals surface area (Å²) >= 11 is 0. The topological polar surface area (TPSA) is 61.5 Å². The summed E-state index contributed by atoms with van der Waals surface area (Å²) in [5, 5.41) is 0. The molecule has 0 aromatic heterocycles. The second kappa shape index (κ2) is 5.05. The van der Waals surface area contributed by atoms with Crippen molar-refractivity contribution in [3.05, 3.63) is 29.8 Å². The van der Waals surface area contributed by atoms with Crippen molar-refractivity contribution in [2.75, 3.05) is 7.11 Å². The van der Waals surface area contributed by atoms with E-state index in [1.807, 2.05) is 0 Å². The van der Waals surface area contributed by atoms with Crippen molar-refractivity contribution in [3.63, 3.8) is 0 Å². The van der Waals surface area contributed by atoms with Crippen LogP contribution < -0.4 is 10.5 Å². The van der Waals surface area contributed by atoms with Gasteiger partial charge in [-0.1, -0.05) is 12.1 Å². The fourth-order valence-electron chi connectivity index (χ4n) is 1.29. The van der Waals surface area contributed by atoms with E-state index in [2.05, 4.69) is 4.74 Å². The van der Waals surface area contributed by atoms with Crippen LogP contribution >= 0.6 is 0 Å². The van der Waals surface area contributed by atoms with Crippen LogP contribution in [-0.4, -0.2) is 19.4 Å². The quantitative estimate of drug-likeness (QED) is 0.884. The molecule has 1 amide bonds. The Morgan fingerprint density at radius 3 is 2.53 bits per heavy atom. The fraction of sp³-hybridized carbons (Fsp3) is 0.300. The summed E-state index contributed by atoms with van der Waals surface area (Å²) in [5.41, 5.74) is 5.23. The SMILES string of the molecule is COC(C(N)=O)c1cccc(OC(F)(F)F)c1. The average Bonchev–Trinajstić information content (AvgIpc) is 2.15. The molecule has 0 bridgehead atoms. The van der Waals surface area contributed by atoms with Gasteiger partial charge in [-0.15, -0.1) is 13.2 Å². The van der Waals surface area contributed by atoms with Crippen LogP contribution in [-0.2, 0) is 9.53 Å². The third-order valence-electron chi connectivity index (χ3n) is 1.89. The van der Waals surface area contributed by atoms with Crippen LogP contribution in [0.5, 0.6) is 5.75 Å². The molecule has 0 aliphatic rings.